The van der Waals surface area contributed by atoms with Crippen LogP contribution in [0.2, 0.25) is 0 Å². The number of carbonyl (C=O) groups excluding carboxylic acids is 1. The predicted molar refractivity (Wildman–Crippen MR) is 140 cm³/mol. The number of halogens is 2. The fraction of sp³-hybridized carbons (Fsp3) is 0.455. The zero-order valence-electron chi connectivity index (χ0n) is 20.6. The van der Waals surface area contributed by atoms with E-state index in [0.29, 0.717) is 5.75 Å². The first kappa shape index (κ1) is 28.6. The Balaban J connectivity index is 1.54. The van der Waals surface area contributed by atoms with Gasteiger partial charge in [0.05, 0.1) is 19.0 Å². The SMILES string of the molecule is CC(C)OC(=O)C(C)NP(=S)(OC[C@H]1O[C@@H](n2cnc3c(N)ncnc32)[C@](F)(Cl)[C@@H]1O)Oc1ccccc1. The van der Waals surface area contributed by atoms with Crippen molar-refractivity contribution in [3.05, 3.63) is 43.0 Å². The number of anilines is 1. The van der Waals surface area contributed by atoms with Gasteiger partial charge in [-0.1, -0.05) is 29.8 Å². The molecular weight excluding hydrogens is 562 g/mol. The highest BCUT2D eigenvalue weighted by Gasteiger charge is 2.58. The lowest BCUT2D eigenvalue weighted by molar-refractivity contribution is -0.149. The number of nitrogens with zero attached hydrogens (tertiary/aromatic N) is 4. The van der Waals surface area contributed by atoms with Crippen molar-refractivity contribution in [2.75, 3.05) is 12.3 Å². The molecule has 12 nitrogen and oxygen atoms in total. The number of imidazole rings is 1. The number of hydrogen-bond acceptors (Lipinski definition) is 11. The highest BCUT2D eigenvalue weighted by molar-refractivity contribution is 8.09. The van der Waals surface area contributed by atoms with Gasteiger partial charge >= 0.3 is 12.6 Å². The van der Waals surface area contributed by atoms with Crippen molar-refractivity contribution in [1.82, 2.24) is 24.6 Å². The number of fused-ring (bicyclic) bond motifs is 1. The number of ether oxygens (including phenoxy) is 2. The van der Waals surface area contributed by atoms with Crippen LogP contribution < -0.4 is 15.3 Å². The number of carbonyl (C=O) groups is 1. The molecule has 4 rings (SSSR count). The molecule has 3 heterocycles. The summed E-state index contributed by atoms with van der Waals surface area (Å²) in [5.74, 6) is -0.109. The van der Waals surface area contributed by atoms with Gasteiger partial charge in [-0.05, 0) is 44.7 Å². The van der Waals surface area contributed by atoms with Crippen LogP contribution in [0.15, 0.2) is 43.0 Å². The summed E-state index contributed by atoms with van der Waals surface area (Å²) < 4.78 is 39.6. The van der Waals surface area contributed by atoms with Gasteiger partial charge in [-0.3, -0.25) is 9.36 Å². The normalized spacial score (nSPS) is 25.8. The van der Waals surface area contributed by atoms with Crippen molar-refractivity contribution >= 4 is 53.0 Å². The highest BCUT2D eigenvalue weighted by atomic mass is 35.5. The smallest absolute Gasteiger partial charge is 0.323 e. The third-order valence-electron chi connectivity index (χ3n) is 5.45. The van der Waals surface area contributed by atoms with Gasteiger partial charge in [0.2, 0.25) is 0 Å². The molecule has 1 aromatic carbocycles. The number of aromatic nitrogens is 4. The molecule has 1 saturated heterocycles. The Morgan fingerprint density at radius 1 is 1.34 bits per heavy atom. The molecule has 0 bridgehead atoms. The molecule has 206 valence electrons. The van der Waals surface area contributed by atoms with Crippen LogP contribution in [0.4, 0.5) is 10.2 Å². The van der Waals surface area contributed by atoms with Crippen LogP contribution in [-0.2, 0) is 30.6 Å². The number of benzene rings is 1. The van der Waals surface area contributed by atoms with Crippen LogP contribution in [0.5, 0.6) is 5.75 Å². The molecule has 6 atom stereocenters. The van der Waals surface area contributed by atoms with Gasteiger partial charge in [-0.15, -0.1) is 0 Å². The van der Waals surface area contributed by atoms with Crippen LogP contribution in [0, 0.1) is 0 Å². The number of esters is 1. The van der Waals surface area contributed by atoms with E-state index in [1.165, 1.54) is 17.2 Å². The quantitative estimate of drug-likeness (QED) is 0.181. The number of rotatable bonds is 10. The number of aliphatic hydroxyl groups is 1. The van der Waals surface area contributed by atoms with E-state index >= 15 is 4.39 Å². The van der Waals surface area contributed by atoms with E-state index in [2.05, 4.69) is 20.0 Å². The zero-order valence-corrected chi connectivity index (χ0v) is 23.1. The van der Waals surface area contributed by atoms with E-state index in [1.54, 1.807) is 51.1 Å². The summed E-state index contributed by atoms with van der Waals surface area (Å²) in [6.07, 6.45) is -2.58. The zero-order chi connectivity index (χ0) is 27.7. The molecule has 0 radical (unpaired) electrons. The Kier molecular flexibility index (Phi) is 8.52. The molecule has 0 amide bonds. The topological polar surface area (TPSA) is 156 Å². The fourth-order valence-electron chi connectivity index (χ4n) is 3.65. The van der Waals surface area contributed by atoms with E-state index in [-0.39, 0.29) is 23.1 Å². The summed E-state index contributed by atoms with van der Waals surface area (Å²) >= 11 is 11.8. The van der Waals surface area contributed by atoms with E-state index in [1.807, 2.05) is 0 Å². The maximum atomic E-state index is 15.6. The largest absolute Gasteiger partial charge is 0.462 e. The first-order valence-electron chi connectivity index (χ1n) is 11.5. The Morgan fingerprint density at radius 3 is 2.74 bits per heavy atom. The van der Waals surface area contributed by atoms with Crippen LogP contribution in [0.1, 0.15) is 27.0 Å². The van der Waals surface area contributed by atoms with Crippen molar-refractivity contribution in [3.63, 3.8) is 0 Å². The molecule has 1 aliphatic heterocycles. The average Bonchev–Trinajstić information content (AvgIpc) is 3.37. The van der Waals surface area contributed by atoms with E-state index in [9.17, 15) is 9.90 Å². The molecule has 2 unspecified atom stereocenters. The number of nitrogens with two attached hydrogens (primary N) is 1. The molecule has 3 aromatic rings. The van der Waals surface area contributed by atoms with Gasteiger partial charge in [0.15, 0.2) is 17.7 Å². The van der Waals surface area contributed by atoms with Crippen molar-refractivity contribution in [2.45, 2.75) is 56.5 Å². The van der Waals surface area contributed by atoms with Crippen LogP contribution in [-0.4, -0.2) is 66.7 Å². The Bertz CT molecular complexity index is 1330. The fourth-order valence-corrected chi connectivity index (χ4v) is 6.37. The second-order valence-electron chi connectivity index (χ2n) is 8.76. The summed E-state index contributed by atoms with van der Waals surface area (Å²) in [7, 11) is 0. The van der Waals surface area contributed by atoms with E-state index in [4.69, 9.17) is 47.7 Å². The second kappa shape index (κ2) is 11.3. The van der Waals surface area contributed by atoms with Crippen LogP contribution >= 0.6 is 18.2 Å². The monoisotopic (exact) mass is 588 g/mol. The summed E-state index contributed by atoms with van der Waals surface area (Å²) in [5.41, 5.74) is 6.19. The molecular formula is C22H27ClFN6O6PS. The minimum absolute atomic E-state index is 0.0844. The Morgan fingerprint density at radius 2 is 2.05 bits per heavy atom. The van der Waals surface area contributed by atoms with Crippen LogP contribution in [0.25, 0.3) is 11.2 Å². The maximum Gasteiger partial charge on any atom is 0.323 e. The van der Waals surface area contributed by atoms with Crippen molar-refractivity contribution in [1.29, 1.82) is 0 Å². The van der Waals surface area contributed by atoms with E-state index < -0.39 is 48.8 Å². The molecule has 1 aliphatic rings. The molecule has 4 N–H and O–H groups in total. The number of hydrogen-bond donors (Lipinski definition) is 3. The molecule has 1 fully saturated rings. The third kappa shape index (κ3) is 6.07. The number of nitrogen functional groups attached to an aromatic ring is 1. The number of para-hydroxylation sites is 1. The molecule has 0 aliphatic carbocycles. The lowest BCUT2D eigenvalue weighted by Crippen LogP contribution is -2.40. The summed E-state index contributed by atoms with van der Waals surface area (Å²) in [4.78, 5) is 24.4. The van der Waals surface area contributed by atoms with Crippen LogP contribution in [0.3, 0.4) is 0 Å². The molecule has 0 spiro atoms. The molecule has 38 heavy (non-hydrogen) atoms. The third-order valence-corrected chi connectivity index (χ3v) is 8.36. The van der Waals surface area contributed by atoms with Gasteiger partial charge < -0.3 is 29.4 Å². The molecule has 2 aromatic heterocycles. The van der Waals surface area contributed by atoms with Gasteiger partial charge in [0.25, 0.3) is 5.13 Å². The molecule has 16 heteroatoms. The maximum absolute atomic E-state index is 15.6. The van der Waals surface area contributed by atoms with Crippen molar-refractivity contribution in [3.8, 4) is 5.75 Å². The minimum atomic E-state index is -3.47. The lowest BCUT2D eigenvalue weighted by atomic mass is 10.1. The Hall–Kier alpha value is -2.45. The standard InChI is InChI=1S/C22H27ClFN6O6PS/c1-12(2)34-20(32)13(3)29-37(38,36-14-7-5-4-6-8-14)33-9-15-17(31)22(23,24)21(35-15)30-11-28-16-18(25)26-10-27-19(16)30/h4-8,10-13,15,17,21,31H,9H2,1-3H3,(H,29,38)(H2,25,26,27)/t13?,15-,17-,21-,22+,37?/m1/s1. The lowest BCUT2D eigenvalue weighted by Gasteiger charge is -2.28. The van der Waals surface area contributed by atoms with E-state index in [0.717, 1.165) is 0 Å². The second-order valence-corrected chi connectivity index (χ2v) is 12.5. The summed E-state index contributed by atoms with van der Waals surface area (Å²) in [6.45, 7) is 1.07. The van der Waals surface area contributed by atoms with Gasteiger partial charge in [-0.25, -0.2) is 24.4 Å². The predicted octanol–water partition coefficient (Wildman–Crippen LogP) is 2.82. The van der Waals surface area contributed by atoms with Gasteiger partial charge in [0, 0.05) is 0 Å². The average molecular weight is 589 g/mol. The number of alkyl halides is 2. The van der Waals surface area contributed by atoms with Crippen molar-refractivity contribution < 1.29 is 32.8 Å². The highest BCUT2D eigenvalue weighted by Crippen LogP contribution is 2.49. The summed E-state index contributed by atoms with van der Waals surface area (Å²) in [6, 6.07) is 7.67. The number of nitrogens with one attached hydrogen (secondary N) is 1. The Labute approximate surface area is 227 Å². The minimum Gasteiger partial charge on any atom is -0.462 e. The van der Waals surface area contributed by atoms with Crippen molar-refractivity contribution in [2.24, 2.45) is 0 Å². The van der Waals surface area contributed by atoms with Gasteiger partial charge in [-0.2, -0.15) is 0 Å². The van der Waals surface area contributed by atoms with Gasteiger partial charge in [0.1, 0.15) is 35.8 Å². The first-order chi connectivity index (χ1) is 17.9. The first-order valence-corrected chi connectivity index (χ1v) is 14.5. The molecule has 0 saturated carbocycles. The number of aliphatic hydroxyl groups excluding tert-OH is 1. The summed E-state index contributed by atoms with van der Waals surface area (Å²) in [5, 5.41) is 10.8.